The van der Waals surface area contributed by atoms with Gasteiger partial charge in [-0.2, -0.15) is 0 Å². The number of aromatic amines is 1. The van der Waals surface area contributed by atoms with Crippen LogP contribution in [0.5, 0.6) is 5.75 Å². The van der Waals surface area contributed by atoms with Crippen LogP contribution in [0.3, 0.4) is 0 Å². The maximum absolute atomic E-state index is 12.1. The lowest BCUT2D eigenvalue weighted by Gasteiger charge is -2.08. The Morgan fingerprint density at radius 2 is 2.00 bits per heavy atom. The number of benzene rings is 1. The van der Waals surface area contributed by atoms with Crippen molar-refractivity contribution < 1.29 is 19.1 Å². The minimum absolute atomic E-state index is 0.185. The number of rotatable bonds is 5. The van der Waals surface area contributed by atoms with Gasteiger partial charge in [-0.3, -0.25) is 19.1 Å². The molecule has 9 nitrogen and oxygen atoms in total. The van der Waals surface area contributed by atoms with Crippen LogP contribution in [-0.4, -0.2) is 35.0 Å². The van der Waals surface area contributed by atoms with E-state index in [0.29, 0.717) is 5.75 Å². The molecule has 0 saturated heterocycles. The number of methoxy groups -OCH3 is 1. The molecule has 0 atom stereocenters. The molecule has 2 aromatic rings. The van der Waals surface area contributed by atoms with Gasteiger partial charge in [-0.15, -0.1) is 0 Å². The zero-order chi connectivity index (χ0) is 17.9. The van der Waals surface area contributed by atoms with E-state index in [1.165, 1.54) is 26.3 Å². The fraction of sp³-hybridized carbons (Fsp3) is 0.200. The Kier molecular flexibility index (Phi) is 4.83. The number of hydrogen-bond acceptors (Lipinski definition) is 7. The van der Waals surface area contributed by atoms with Gasteiger partial charge in [-0.05, 0) is 18.2 Å². The summed E-state index contributed by atoms with van der Waals surface area (Å²) in [5.74, 6) is -1.43. The van der Waals surface area contributed by atoms with E-state index in [0.717, 1.165) is 4.57 Å². The molecule has 0 aliphatic rings. The summed E-state index contributed by atoms with van der Waals surface area (Å²) in [4.78, 5) is 49.1. The van der Waals surface area contributed by atoms with E-state index in [1.807, 2.05) is 4.98 Å². The van der Waals surface area contributed by atoms with E-state index in [-0.39, 0.29) is 11.4 Å². The molecule has 9 heteroatoms. The van der Waals surface area contributed by atoms with Gasteiger partial charge in [0.25, 0.3) is 5.56 Å². The molecule has 3 N–H and O–H groups in total. The van der Waals surface area contributed by atoms with Gasteiger partial charge >= 0.3 is 11.7 Å². The number of aromatic nitrogens is 2. The first-order chi connectivity index (χ1) is 11.3. The van der Waals surface area contributed by atoms with Crippen LogP contribution < -0.4 is 21.7 Å². The van der Waals surface area contributed by atoms with E-state index in [9.17, 15) is 19.2 Å². The van der Waals surface area contributed by atoms with Crippen molar-refractivity contribution in [3.63, 3.8) is 0 Å². The Bertz CT molecular complexity index is 912. The third-order valence-electron chi connectivity index (χ3n) is 3.29. The number of Topliss-reactive ketones (excluding diaryl/α,β-unsaturated/α-hetero) is 1. The molecule has 0 spiro atoms. The Balaban J connectivity index is 2.17. The van der Waals surface area contributed by atoms with Gasteiger partial charge in [-0.1, -0.05) is 6.07 Å². The molecule has 0 radical (unpaired) electrons. The maximum atomic E-state index is 12.1. The summed E-state index contributed by atoms with van der Waals surface area (Å²) in [5.41, 5.74) is 3.68. The molecule has 0 aliphatic carbocycles. The lowest BCUT2D eigenvalue weighted by Crippen LogP contribution is -2.35. The Hall–Kier alpha value is -3.36. The number of nitrogen functional groups attached to an aromatic ring is 1. The summed E-state index contributed by atoms with van der Waals surface area (Å²) >= 11 is 0. The number of carbonyl (C=O) groups excluding carboxylic acids is 2. The van der Waals surface area contributed by atoms with E-state index < -0.39 is 35.2 Å². The highest BCUT2D eigenvalue weighted by Gasteiger charge is 2.20. The number of H-pyrrole nitrogens is 1. The molecule has 1 aromatic carbocycles. The summed E-state index contributed by atoms with van der Waals surface area (Å²) in [7, 11) is 2.75. The van der Waals surface area contributed by atoms with Crippen molar-refractivity contribution in [2.24, 2.45) is 7.05 Å². The Morgan fingerprint density at radius 1 is 1.29 bits per heavy atom. The summed E-state index contributed by atoms with van der Waals surface area (Å²) in [5, 5.41) is 0. The topological polar surface area (TPSA) is 133 Å². The van der Waals surface area contributed by atoms with Crippen molar-refractivity contribution in [2.45, 2.75) is 0 Å². The molecule has 1 heterocycles. The first kappa shape index (κ1) is 17.0. The lowest BCUT2D eigenvalue weighted by atomic mass is 10.2. The van der Waals surface area contributed by atoms with Crippen LogP contribution in [0.25, 0.3) is 0 Å². The van der Waals surface area contributed by atoms with Crippen LogP contribution in [0.15, 0.2) is 33.9 Å². The fourth-order valence-electron chi connectivity index (χ4n) is 1.94. The van der Waals surface area contributed by atoms with Crippen LogP contribution >= 0.6 is 0 Å². The highest BCUT2D eigenvalue weighted by atomic mass is 16.5. The second-order valence-electron chi connectivity index (χ2n) is 4.81. The highest BCUT2D eigenvalue weighted by Crippen LogP contribution is 2.13. The molecule has 0 amide bonds. The maximum Gasteiger partial charge on any atom is 0.338 e. The van der Waals surface area contributed by atoms with Crippen LogP contribution in [0.2, 0.25) is 0 Å². The Morgan fingerprint density at radius 3 is 2.67 bits per heavy atom. The zero-order valence-electron chi connectivity index (χ0n) is 13.0. The molecule has 0 aliphatic heterocycles. The molecular formula is C15H15N3O6. The number of ketones is 1. The number of carbonyl (C=O) groups is 2. The van der Waals surface area contributed by atoms with Crippen molar-refractivity contribution in [1.29, 1.82) is 0 Å². The van der Waals surface area contributed by atoms with Crippen molar-refractivity contribution in [2.75, 3.05) is 19.5 Å². The lowest BCUT2D eigenvalue weighted by molar-refractivity contribution is 0.0474. The van der Waals surface area contributed by atoms with Gasteiger partial charge in [0.2, 0.25) is 5.78 Å². The molecule has 0 unspecified atom stereocenters. The van der Waals surface area contributed by atoms with Crippen molar-refractivity contribution >= 4 is 17.6 Å². The van der Waals surface area contributed by atoms with Gasteiger partial charge in [0.05, 0.1) is 12.7 Å². The fourth-order valence-corrected chi connectivity index (χ4v) is 1.94. The Labute approximate surface area is 135 Å². The van der Waals surface area contributed by atoms with Crippen molar-refractivity contribution in [1.82, 2.24) is 9.55 Å². The number of nitrogens with two attached hydrogens (primary N) is 1. The third kappa shape index (κ3) is 3.35. The average Bonchev–Trinajstić information content (AvgIpc) is 2.57. The smallest absolute Gasteiger partial charge is 0.338 e. The minimum atomic E-state index is -0.932. The van der Waals surface area contributed by atoms with Gasteiger partial charge in [-0.25, -0.2) is 9.59 Å². The van der Waals surface area contributed by atoms with Crippen LogP contribution in [0.4, 0.5) is 5.82 Å². The van der Waals surface area contributed by atoms with Gasteiger partial charge < -0.3 is 15.2 Å². The molecule has 2 rings (SSSR count). The zero-order valence-corrected chi connectivity index (χ0v) is 13.0. The number of ether oxygens (including phenoxy) is 2. The van der Waals surface area contributed by atoms with Crippen LogP contribution in [0.1, 0.15) is 20.7 Å². The predicted molar refractivity (Wildman–Crippen MR) is 84.3 cm³/mol. The van der Waals surface area contributed by atoms with Crippen molar-refractivity contribution in [3.05, 3.63) is 56.2 Å². The van der Waals surface area contributed by atoms with Crippen LogP contribution in [-0.2, 0) is 11.8 Å². The summed E-state index contributed by atoms with van der Waals surface area (Å²) in [6.07, 6.45) is 0. The molecule has 126 valence electrons. The van der Waals surface area contributed by atoms with E-state index >= 15 is 0 Å². The highest BCUT2D eigenvalue weighted by molar-refractivity contribution is 6.02. The van der Waals surface area contributed by atoms with E-state index in [1.54, 1.807) is 12.1 Å². The minimum Gasteiger partial charge on any atom is -0.497 e. The number of nitrogens with zero attached hydrogens (tertiary/aromatic N) is 1. The number of hydrogen-bond donors (Lipinski definition) is 2. The predicted octanol–water partition coefficient (Wildman–Crippen LogP) is -0.296. The normalized spacial score (nSPS) is 10.2. The van der Waals surface area contributed by atoms with Crippen molar-refractivity contribution in [3.8, 4) is 5.75 Å². The summed E-state index contributed by atoms with van der Waals surface area (Å²) in [6, 6.07) is 6.17. The summed E-state index contributed by atoms with van der Waals surface area (Å²) < 4.78 is 10.8. The molecule has 24 heavy (non-hydrogen) atoms. The molecule has 1 aromatic heterocycles. The monoisotopic (exact) mass is 333 g/mol. The number of esters is 1. The SMILES string of the molecule is COc1cccc(C(=O)OCC(=O)c2c(N)n(C)c(=O)[nH]c2=O)c1. The average molecular weight is 333 g/mol. The standard InChI is InChI=1S/C15H15N3O6/c1-18-12(16)11(13(20)17-15(18)22)10(19)7-24-14(21)8-4-3-5-9(6-8)23-2/h3-6H,7,16H2,1-2H3,(H,17,20,22). The first-order valence-electron chi connectivity index (χ1n) is 6.78. The van der Waals surface area contributed by atoms with E-state index in [2.05, 4.69) is 0 Å². The first-order valence-corrected chi connectivity index (χ1v) is 6.78. The molecular weight excluding hydrogens is 318 g/mol. The largest absolute Gasteiger partial charge is 0.497 e. The number of nitrogens with one attached hydrogen (secondary N) is 1. The molecule has 0 saturated carbocycles. The van der Waals surface area contributed by atoms with Gasteiger partial charge in [0.1, 0.15) is 17.1 Å². The number of anilines is 1. The quantitative estimate of drug-likeness (QED) is 0.567. The molecule has 0 bridgehead atoms. The second kappa shape index (κ2) is 6.82. The van der Waals surface area contributed by atoms with Gasteiger partial charge in [0.15, 0.2) is 6.61 Å². The van der Waals surface area contributed by atoms with Crippen LogP contribution in [0, 0.1) is 0 Å². The molecule has 0 fully saturated rings. The summed E-state index contributed by atoms with van der Waals surface area (Å²) in [6.45, 7) is -0.693. The van der Waals surface area contributed by atoms with E-state index in [4.69, 9.17) is 15.2 Å². The van der Waals surface area contributed by atoms with Gasteiger partial charge in [0, 0.05) is 7.05 Å². The third-order valence-corrected chi connectivity index (χ3v) is 3.29. The second-order valence-corrected chi connectivity index (χ2v) is 4.81.